The molecule has 8 heteroatoms. The molecule has 7 nitrogen and oxygen atoms in total. The Bertz CT molecular complexity index is 1100. The molecule has 0 aliphatic heterocycles. The number of nitrogens with zero attached hydrogens (tertiary/aromatic N) is 5. The van der Waals surface area contributed by atoms with Crippen molar-refractivity contribution in [1.29, 1.82) is 5.26 Å². The fourth-order valence-electron chi connectivity index (χ4n) is 2.80. The maximum absolute atomic E-state index is 12.4. The van der Waals surface area contributed by atoms with Crippen LogP contribution < -0.4 is 5.32 Å². The largest absolute Gasteiger partial charge is 0.346 e. The maximum Gasteiger partial charge on any atom is 0.272 e. The average molecular weight is 409 g/mol. The van der Waals surface area contributed by atoms with E-state index >= 15 is 0 Å². The predicted molar refractivity (Wildman–Crippen MR) is 112 cm³/mol. The lowest BCUT2D eigenvalue weighted by Crippen LogP contribution is -2.36. The minimum atomic E-state index is -0.232. The van der Waals surface area contributed by atoms with Gasteiger partial charge in [-0.05, 0) is 45.0 Å². The monoisotopic (exact) mass is 408 g/mol. The van der Waals surface area contributed by atoms with E-state index in [0.29, 0.717) is 22.8 Å². The van der Waals surface area contributed by atoms with Gasteiger partial charge in [-0.15, -0.1) is 0 Å². The second kappa shape index (κ2) is 8.76. The third kappa shape index (κ3) is 5.12. The van der Waals surface area contributed by atoms with Crippen LogP contribution in [0, 0.1) is 11.3 Å². The van der Waals surface area contributed by atoms with Crippen LogP contribution in [0.3, 0.4) is 0 Å². The van der Waals surface area contributed by atoms with E-state index in [2.05, 4.69) is 15.5 Å². The van der Waals surface area contributed by atoms with Gasteiger partial charge in [0, 0.05) is 30.2 Å². The van der Waals surface area contributed by atoms with Gasteiger partial charge in [0.2, 0.25) is 0 Å². The molecule has 3 rings (SSSR count). The van der Waals surface area contributed by atoms with E-state index in [-0.39, 0.29) is 11.9 Å². The van der Waals surface area contributed by atoms with Gasteiger partial charge in [-0.25, -0.2) is 4.68 Å². The molecule has 0 aliphatic rings. The Morgan fingerprint density at radius 3 is 2.76 bits per heavy atom. The summed E-state index contributed by atoms with van der Waals surface area (Å²) in [5.74, 6) is -0.232. The molecule has 1 unspecified atom stereocenters. The molecule has 148 valence electrons. The molecule has 0 saturated heterocycles. The molecule has 29 heavy (non-hydrogen) atoms. The summed E-state index contributed by atoms with van der Waals surface area (Å²) in [6.45, 7) is 6.34. The summed E-state index contributed by atoms with van der Waals surface area (Å²) in [5, 5.41) is 21.1. The molecule has 0 spiro atoms. The van der Waals surface area contributed by atoms with Crippen LogP contribution >= 0.6 is 11.6 Å². The number of halogens is 1. The highest BCUT2D eigenvalue weighted by molar-refractivity contribution is 6.32. The Hall–Kier alpha value is -3.37. The van der Waals surface area contributed by atoms with E-state index in [1.165, 1.54) is 0 Å². The van der Waals surface area contributed by atoms with Crippen LogP contribution in [0.2, 0.25) is 5.02 Å². The van der Waals surface area contributed by atoms with Gasteiger partial charge in [-0.2, -0.15) is 15.5 Å². The van der Waals surface area contributed by atoms with Crippen molar-refractivity contribution in [3.05, 3.63) is 64.6 Å². The number of carbonyl (C=O) groups excluding carboxylic acids is 1. The van der Waals surface area contributed by atoms with Crippen molar-refractivity contribution in [2.75, 3.05) is 0 Å². The Labute approximate surface area is 174 Å². The van der Waals surface area contributed by atoms with E-state index in [9.17, 15) is 4.79 Å². The Morgan fingerprint density at radius 1 is 1.28 bits per heavy atom. The fourth-order valence-corrected chi connectivity index (χ4v) is 3.02. The molecule has 0 saturated carbocycles. The Balaban J connectivity index is 1.63. The van der Waals surface area contributed by atoms with Gasteiger partial charge in [-0.3, -0.25) is 9.48 Å². The van der Waals surface area contributed by atoms with Crippen molar-refractivity contribution in [3.63, 3.8) is 0 Å². The smallest absolute Gasteiger partial charge is 0.272 e. The minimum absolute atomic E-state index is 0.145. The van der Waals surface area contributed by atoms with E-state index in [4.69, 9.17) is 16.9 Å². The lowest BCUT2D eigenvalue weighted by atomic mass is 10.1. The van der Waals surface area contributed by atoms with Gasteiger partial charge < -0.3 is 5.32 Å². The summed E-state index contributed by atoms with van der Waals surface area (Å²) in [7, 11) is 0. The number of allylic oxidation sites excluding steroid dienone is 1. The van der Waals surface area contributed by atoms with Gasteiger partial charge in [0.25, 0.3) is 5.91 Å². The van der Waals surface area contributed by atoms with Crippen molar-refractivity contribution in [1.82, 2.24) is 24.9 Å². The molecule has 2 aromatic heterocycles. The summed E-state index contributed by atoms with van der Waals surface area (Å²) in [5.41, 5.74) is 3.46. The summed E-state index contributed by atoms with van der Waals surface area (Å²) >= 11 is 6.10. The van der Waals surface area contributed by atoms with E-state index < -0.39 is 0 Å². The van der Waals surface area contributed by atoms with Crippen LogP contribution in [-0.2, 0) is 6.54 Å². The number of nitrogens with one attached hydrogen (secondary N) is 1. The number of benzene rings is 1. The molecule has 3 aromatic rings. The molecular weight excluding hydrogens is 388 g/mol. The predicted octanol–water partition coefficient (Wildman–Crippen LogP) is 3.97. The minimum Gasteiger partial charge on any atom is -0.346 e. The third-order valence-corrected chi connectivity index (χ3v) is 4.41. The molecule has 1 aromatic carbocycles. The summed E-state index contributed by atoms with van der Waals surface area (Å²) < 4.78 is 3.38. The molecule has 1 N–H and O–H groups in total. The average Bonchev–Trinajstić information content (AvgIpc) is 3.30. The van der Waals surface area contributed by atoms with Crippen LogP contribution in [-0.4, -0.2) is 31.5 Å². The number of aromatic nitrogens is 4. The van der Waals surface area contributed by atoms with Crippen LogP contribution in [0.5, 0.6) is 0 Å². The van der Waals surface area contributed by atoms with Gasteiger partial charge in [0.05, 0.1) is 22.8 Å². The molecule has 2 heterocycles. The summed E-state index contributed by atoms with van der Waals surface area (Å²) in [4.78, 5) is 12.4. The summed E-state index contributed by atoms with van der Waals surface area (Å²) in [6, 6.07) is 10.7. The molecule has 0 fully saturated rings. The number of rotatable bonds is 6. The van der Waals surface area contributed by atoms with Crippen molar-refractivity contribution in [2.24, 2.45) is 0 Å². The molecule has 1 amide bonds. The molecule has 0 aliphatic carbocycles. The zero-order chi connectivity index (χ0) is 21.0. The normalized spacial score (nSPS) is 11.6. The Morgan fingerprint density at radius 2 is 2.07 bits per heavy atom. The first kappa shape index (κ1) is 20.4. The van der Waals surface area contributed by atoms with Gasteiger partial charge >= 0.3 is 0 Å². The van der Waals surface area contributed by atoms with Crippen LogP contribution in [0.1, 0.15) is 36.8 Å². The second-order valence-electron chi connectivity index (χ2n) is 6.99. The summed E-state index contributed by atoms with van der Waals surface area (Å²) in [6.07, 6.45) is 5.43. The van der Waals surface area contributed by atoms with Crippen molar-refractivity contribution < 1.29 is 4.79 Å². The third-order valence-electron chi connectivity index (χ3n) is 4.10. The highest BCUT2D eigenvalue weighted by atomic mass is 35.5. The SMILES string of the molecule is CC(C)=Cn1ccc(C(=O)NC(C)Cn2ccc(-c3ccc(C#N)c(Cl)c3)n2)n1. The zero-order valence-corrected chi connectivity index (χ0v) is 17.2. The molecule has 1 atom stereocenters. The van der Waals surface area contributed by atoms with E-state index in [0.717, 1.165) is 16.8 Å². The standard InChI is InChI=1S/C21H21ClN6O/c1-14(2)12-27-9-7-20(26-27)21(29)24-15(3)13-28-8-6-19(25-28)16-4-5-17(11-23)18(22)10-16/h4-10,12,15H,13H2,1-3H3,(H,24,29). The zero-order valence-electron chi connectivity index (χ0n) is 16.4. The number of hydrogen-bond donors (Lipinski definition) is 1. The number of amides is 1. The van der Waals surface area contributed by atoms with Crippen LogP contribution in [0.4, 0.5) is 0 Å². The number of nitriles is 1. The quantitative estimate of drug-likeness (QED) is 0.668. The van der Waals surface area contributed by atoms with Crippen molar-refractivity contribution >= 4 is 23.7 Å². The lowest BCUT2D eigenvalue weighted by Gasteiger charge is -2.13. The van der Waals surface area contributed by atoms with Crippen LogP contribution in [0.15, 0.2) is 48.3 Å². The van der Waals surface area contributed by atoms with Crippen molar-refractivity contribution in [2.45, 2.75) is 33.4 Å². The lowest BCUT2D eigenvalue weighted by molar-refractivity contribution is 0.0930. The molecule has 0 radical (unpaired) electrons. The van der Waals surface area contributed by atoms with Gasteiger partial charge in [0.1, 0.15) is 6.07 Å². The highest BCUT2D eigenvalue weighted by Gasteiger charge is 2.14. The van der Waals surface area contributed by atoms with E-state index in [1.54, 1.807) is 33.8 Å². The molecule has 0 bridgehead atoms. The first-order chi connectivity index (χ1) is 13.9. The topological polar surface area (TPSA) is 88.5 Å². The second-order valence-corrected chi connectivity index (χ2v) is 7.40. The maximum atomic E-state index is 12.4. The first-order valence-electron chi connectivity index (χ1n) is 9.10. The van der Waals surface area contributed by atoms with E-state index in [1.807, 2.05) is 51.4 Å². The number of hydrogen-bond acceptors (Lipinski definition) is 4. The van der Waals surface area contributed by atoms with Gasteiger partial charge in [0.15, 0.2) is 5.69 Å². The Kier molecular flexibility index (Phi) is 6.15. The fraction of sp³-hybridized carbons (Fsp3) is 0.238. The molecular formula is C21H21ClN6O. The highest BCUT2D eigenvalue weighted by Crippen LogP contribution is 2.24. The number of carbonyl (C=O) groups is 1. The van der Waals surface area contributed by atoms with Crippen LogP contribution in [0.25, 0.3) is 17.5 Å². The first-order valence-corrected chi connectivity index (χ1v) is 9.48. The van der Waals surface area contributed by atoms with Gasteiger partial charge in [-0.1, -0.05) is 23.2 Å². The van der Waals surface area contributed by atoms with Crippen molar-refractivity contribution in [3.8, 4) is 17.3 Å².